The summed E-state index contributed by atoms with van der Waals surface area (Å²) >= 11 is 0. The summed E-state index contributed by atoms with van der Waals surface area (Å²) in [6, 6.07) is 6.13. The van der Waals surface area contributed by atoms with Gasteiger partial charge in [0.2, 0.25) is 0 Å². The first-order valence-corrected chi connectivity index (χ1v) is 6.24. The second-order valence-electron chi connectivity index (χ2n) is 5.36. The fourth-order valence-corrected chi connectivity index (χ4v) is 1.71. The zero-order valence-corrected chi connectivity index (χ0v) is 11.6. The van der Waals surface area contributed by atoms with Gasteiger partial charge in [-0.2, -0.15) is 0 Å². The first-order valence-electron chi connectivity index (χ1n) is 6.24. The maximum atomic E-state index is 10.1. The minimum atomic E-state index is -0.542. The largest absolute Gasteiger partial charge is 0.386 e. The third kappa shape index (κ3) is 4.49. The highest BCUT2D eigenvalue weighted by Crippen LogP contribution is 2.21. The highest BCUT2D eigenvalue weighted by atomic mass is 16.5. The molecule has 0 aromatic heterocycles. The van der Waals surface area contributed by atoms with Crippen LogP contribution in [0.2, 0.25) is 0 Å². The van der Waals surface area contributed by atoms with Crippen LogP contribution < -0.4 is 0 Å². The topological polar surface area (TPSA) is 29.5 Å². The fraction of sp³-hybridized carbons (Fsp3) is 0.600. The summed E-state index contributed by atoms with van der Waals surface area (Å²) in [6.07, 6.45) is 0.395. The molecule has 2 heteroatoms. The fourth-order valence-electron chi connectivity index (χ4n) is 1.71. The van der Waals surface area contributed by atoms with Crippen molar-refractivity contribution in [3.63, 3.8) is 0 Å². The molecule has 1 unspecified atom stereocenters. The molecule has 96 valence electrons. The van der Waals surface area contributed by atoms with E-state index in [0.717, 1.165) is 12.0 Å². The number of aryl methyl sites for hydroxylation is 2. The van der Waals surface area contributed by atoms with Gasteiger partial charge in [-0.05, 0) is 39.7 Å². The molecule has 1 N–H and O–H groups in total. The van der Waals surface area contributed by atoms with E-state index in [4.69, 9.17) is 4.74 Å². The number of benzene rings is 1. The van der Waals surface area contributed by atoms with Gasteiger partial charge in [-0.1, -0.05) is 36.2 Å². The standard InChI is InChI=1S/C15H24O2/c1-6-15(4,5)17-10-14(16)13-8-11(2)7-12(3)9-13/h7-9,14,16H,6,10H2,1-5H3. The normalized spacial score (nSPS) is 13.8. The molecule has 2 nitrogen and oxygen atoms in total. The molecule has 17 heavy (non-hydrogen) atoms. The minimum absolute atomic E-state index is 0.167. The Hall–Kier alpha value is -0.860. The van der Waals surface area contributed by atoms with Crippen LogP contribution in [-0.2, 0) is 4.74 Å². The molecule has 1 aromatic carbocycles. The van der Waals surface area contributed by atoms with Crippen molar-refractivity contribution in [1.82, 2.24) is 0 Å². The smallest absolute Gasteiger partial charge is 0.102 e. The van der Waals surface area contributed by atoms with E-state index in [0.29, 0.717) is 6.61 Å². The van der Waals surface area contributed by atoms with Crippen molar-refractivity contribution < 1.29 is 9.84 Å². The Morgan fingerprint density at radius 3 is 2.18 bits per heavy atom. The van der Waals surface area contributed by atoms with Crippen LogP contribution in [0.4, 0.5) is 0 Å². The van der Waals surface area contributed by atoms with Crippen LogP contribution >= 0.6 is 0 Å². The lowest BCUT2D eigenvalue weighted by Gasteiger charge is -2.25. The van der Waals surface area contributed by atoms with Gasteiger partial charge in [0.1, 0.15) is 6.10 Å². The Balaban J connectivity index is 2.67. The second kappa shape index (κ2) is 5.65. The zero-order chi connectivity index (χ0) is 13.1. The molecule has 0 heterocycles. The van der Waals surface area contributed by atoms with Crippen LogP contribution in [0.15, 0.2) is 18.2 Å². The van der Waals surface area contributed by atoms with E-state index in [1.165, 1.54) is 11.1 Å². The lowest BCUT2D eigenvalue weighted by molar-refractivity contribution is -0.0618. The summed E-state index contributed by atoms with van der Waals surface area (Å²) in [5.74, 6) is 0. The van der Waals surface area contributed by atoms with Crippen molar-refractivity contribution in [2.75, 3.05) is 6.61 Å². The van der Waals surface area contributed by atoms with Crippen molar-refractivity contribution in [3.05, 3.63) is 34.9 Å². The molecular formula is C15H24O2. The van der Waals surface area contributed by atoms with Gasteiger partial charge < -0.3 is 9.84 Å². The summed E-state index contributed by atoms with van der Waals surface area (Å²) in [6.45, 7) is 10.6. The molecule has 0 spiro atoms. The van der Waals surface area contributed by atoms with E-state index in [9.17, 15) is 5.11 Å². The third-order valence-corrected chi connectivity index (χ3v) is 3.11. The van der Waals surface area contributed by atoms with Gasteiger partial charge in [0.05, 0.1) is 12.2 Å². The average molecular weight is 236 g/mol. The van der Waals surface area contributed by atoms with Crippen LogP contribution in [-0.4, -0.2) is 17.3 Å². The van der Waals surface area contributed by atoms with Gasteiger partial charge in [-0.3, -0.25) is 0 Å². The molecular weight excluding hydrogens is 212 g/mol. The van der Waals surface area contributed by atoms with Gasteiger partial charge in [-0.15, -0.1) is 0 Å². The van der Waals surface area contributed by atoms with E-state index < -0.39 is 6.10 Å². The van der Waals surface area contributed by atoms with E-state index >= 15 is 0 Å². The maximum Gasteiger partial charge on any atom is 0.102 e. The Morgan fingerprint density at radius 2 is 1.71 bits per heavy atom. The quantitative estimate of drug-likeness (QED) is 0.847. The monoisotopic (exact) mass is 236 g/mol. The van der Waals surface area contributed by atoms with Crippen molar-refractivity contribution in [3.8, 4) is 0 Å². The first kappa shape index (κ1) is 14.2. The maximum absolute atomic E-state index is 10.1. The molecule has 0 bridgehead atoms. The molecule has 0 aliphatic heterocycles. The van der Waals surface area contributed by atoms with Crippen molar-refractivity contribution in [2.24, 2.45) is 0 Å². The van der Waals surface area contributed by atoms with Gasteiger partial charge in [0.25, 0.3) is 0 Å². The van der Waals surface area contributed by atoms with E-state index in [2.05, 4.69) is 13.0 Å². The number of ether oxygens (including phenoxy) is 1. The van der Waals surface area contributed by atoms with Gasteiger partial charge in [0, 0.05) is 0 Å². The molecule has 0 saturated heterocycles. The van der Waals surface area contributed by atoms with Crippen molar-refractivity contribution in [1.29, 1.82) is 0 Å². The summed E-state index contributed by atoms with van der Waals surface area (Å²) in [4.78, 5) is 0. The van der Waals surface area contributed by atoms with E-state index in [1.807, 2.05) is 39.8 Å². The summed E-state index contributed by atoms with van der Waals surface area (Å²) < 4.78 is 5.72. The van der Waals surface area contributed by atoms with Crippen LogP contribution in [0, 0.1) is 13.8 Å². The van der Waals surface area contributed by atoms with Gasteiger partial charge in [0.15, 0.2) is 0 Å². The Morgan fingerprint density at radius 1 is 1.18 bits per heavy atom. The van der Waals surface area contributed by atoms with Crippen LogP contribution in [0.1, 0.15) is 50.0 Å². The third-order valence-electron chi connectivity index (χ3n) is 3.11. The van der Waals surface area contributed by atoms with Gasteiger partial charge >= 0.3 is 0 Å². The number of aliphatic hydroxyl groups is 1. The lowest BCUT2D eigenvalue weighted by atomic mass is 10.0. The molecule has 0 aliphatic carbocycles. The summed E-state index contributed by atoms with van der Waals surface area (Å²) in [5, 5.41) is 10.1. The highest BCUT2D eigenvalue weighted by molar-refractivity contribution is 5.29. The highest BCUT2D eigenvalue weighted by Gasteiger charge is 2.18. The molecule has 1 rings (SSSR count). The molecule has 0 amide bonds. The Bertz CT molecular complexity index is 349. The van der Waals surface area contributed by atoms with E-state index in [-0.39, 0.29) is 5.60 Å². The van der Waals surface area contributed by atoms with Crippen LogP contribution in [0.5, 0.6) is 0 Å². The van der Waals surface area contributed by atoms with Crippen LogP contribution in [0.25, 0.3) is 0 Å². The van der Waals surface area contributed by atoms with Gasteiger partial charge in [-0.25, -0.2) is 0 Å². The second-order valence-corrected chi connectivity index (χ2v) is 5.36. The Kier molecular flexibility index (Phi) is 4.72. The lowest BCUT2D eigenvalue weighted by Crippen LogP contribution is -2.25. The van der Waals surface area contributed by atoms with Crippen molar-refractivity contribution in [2.45, 2.75) is 52.7 Å². The first-order chi connectivity index (χ1) is 7.84. The molecule has 0 fully saturated rings. The SMILES string of the molecule is CCC(C)(C)OCC(O)c1cc(C)cc(C)c1. The predicted octanol–water partition coefficient (Wildman–Crippen LogP) is 3.54. The van der Waals surface area contributed by atoms with E-state index in [1.54, 1.807) is 0 Å². The zero-order valence-electron chi connectivity index (χ0n) is 11.6. The molecule has 0 saturated carbocycles. The summed E-state index contributed by atoms with van der Waals surface area (Å²) in [5.41, 5.74) is 3.12. The number of rotatable bonds is 5. The van der Waals surface area contributed by atoms with Crippen LogP contribution in [0.3, 0.4) is 0 Å². The predicted molar refractivity (Wildman–Crippen MR) is 71.2 cm³/mol. The minimum Gasteiger partial charge on any atom is -0.386 e. The average Bonchev–Trinajstić information content (AvgIpc) is 2.24. The Labute approximate surface area is 105 Å². The summed E-state index contributed by atoms with van der Waals surface area (Å²) in [7, 11) is 0. The number of hydrogen-bond acceptors (Lipinski definition) is 2. The molecule has 1 atom stereocenters. The number of hydrogen-bond donors (Lipinski definition) is 1. The molecule has 0 aliphatic rings. The molecule has 1 aromatic rings. The van der Waals surface area contributed by atoms with Crippen molar-refractivity contribution >= 4 is 0 Å². The number of aliphatic hydroxyl groups excluding tert-OH is 1. The molecule has 0 radical (unpaired) electrons.